The van der Waals surface area contributed by atoms with Crippen molar-refractivity contribution in [3.63, 3.8) is 0 Å². The Balaban J connectivity index is 1.95. The van der Waals surface area contributed by atoms with E-state index in [0.29, 0.717) is 6.04 Å². The second-order valence-corrected chi connectivity index (χ2v) is 5.36. The molecule has 2 atom stereocenters. The number of rotatable bonds is 2. The maximum atomic E-state index is 3.61. The van der Waals surface area contributed by atoms with E-state index in [-0.39, 0.29) is 0 Å². The number of hydrogen-bond acceptors (Lipinski definition) is 2. The van der Waals surface area contributed by atoms with Crippen molar-refractivity contribution in [2.45, 2.75) is 70.5 Å². The molecule has 2 rings (SSSR count). The fraction of sp³-hybridized carbons (Fsp3) is 1.00. The van der Waals surface area contributed by atoms with Gasteiger partial charge in [-0.3, -0.25) is 4.90 Å². The van der Waals surface area contributed by atoms with Crippen molar-refractivity contribution in [1.82, 2.24) is 10.2 Å². The van der Waals surface area contributed by atoms with E-state index in [0.717, 1.165) is 12.1 Å². The van der Waals surface area contributed by atoms with E-state index in [1.54, 1.807) is 0 Å². The summed E-state index contributed by atoms with van der Waals surface area (Å²) in [5.41, 5.74) is 0. The minimum Gasteiger partial charge on any atom is -0.311 e. The van der Waals surface area contributed by atoms with Crippen molar-refractivity contribution >= 4 is 0 Å². The van der Waals surface area contributed by atoms with E-state index in [2.05, 4.69) is 24.1 Å². The Kier molecular flexibility index (Phi) is 4.04. The molecule has 0 radical (unpaired) electrons. The van der Waals surface area contributed by atoms with Gasteiger partial charge in [-0.25, -0.2) is 0 Å². The van der Waals surface area contributed by atoms with E-state index >= 15 is 0 Å². The summed E-state index contributed by atoms with van der Waals surface area (Å²) in [4.78, 5) is 2.81. The van der Waals surface area contributed by atoms with Gasteiger partial charge in [0.05, 0.1) is 0 Å². The van der Waals surface area contributed by atoms with Crippen LogP contribution in [-0.2, 0) is 0 Å². The normalized spacial score (nSPS) is 35.6. The van der Waals surface area contributed by atoms with Gasteiger partial charge in [0.25, 0.3) is 0 Å². The summed E-state index contributed by atoms with van der Waals surface area (Å²) in [6.07, 6.45) is 8.58. The molecule has 0 amide bonds. The highest BCUT2D eigenvalue weighted by Crippen LogP contribution is 2.26. The van der Waals surface area contributed by atoms with Crippen LogP contribution in [0.1, 0.15) is 52.4 Å². The third-order valence-corrected chi connectivity index (χ3v) is 4.17. The van der Waals surface area contributed by atoms with Gasteiger partial charge in [-0.15, -0.1) is 0 Å². The predicted octanol–water partition coefficient (Wildman–Crippen LogP) is 2.39. The molecule has 15 heavy (non-hydrogen) atoms. The molecule has 1 saturated carbocycles. The van der Waals surface area contributed by atoms with Crippen LogP contribution >= 0.6 is 0 Å². The summed E-state index contributed by atoms with van der Waals surface area (Å²) in [5.74, 6) is 0. The monoisotopic (exact) mass is 210 g/mol. The van der Waals surface area contributed by atoms with Gasteiger partial charge in [-0.2, -0.15) is 0 Å². The smallest absolute Gasteiger partial charge is 0.0221 e. The summed E-state index contributed by atoms with van der Waals surface area (Å²) < 4.78 is 0. The van der Waals surface area contributed by atoms with Crippen LogP contribution in [0, 0.1) is 0 Å². The Bertz CT molecular complexity index is 187. The van der Waals surface area contributed by atoms with Crippen LogP contribution in [0.15, 0.2) is 0 Å². The van der Waals surface area contributed by atoms with Gasteiger partial charge in [0.2, 0.25) is 0 Å². The molecule has 2 fully saturated rings. The van der Waals surface area contributed by atoms with Crippen molar-refractivity contribution < 1.29 is 0 Å². The molecular weight excluding hydrogens is 184 g/mol. The molecular formula is C13H26N2. The third kappa shape index (κ3) is 2.73. The Morgan fingerprint density at radius 2 is 1.93 bits per heavy atom. The van der Waals surface area contributed by atoms with E-state index in [1.807, 2.05) is 0 Å². The second-order valence-electron chi connectivity index (χ2n) is 5.36. The molecule has 2 unspecified atom stereocenters. The van der Waals surface area contributed by atoms with Crippen molar-refractivity contribution in [2.24, 2.45) is 0 Å². The van der Waals surface area contributed by atoms with Crippen LogP contribution in [0.4, 0.5) is 0 Å². The summed E-state index contributed by atoms with van der Waals surface area (Å²) in [6, 6.07) is 2.38. The zero-order valence-electron chi connectivity index (χ0n) is 10.3. The first-order valence-electron chi connectivity index (χ1n) is 6.80. The minimum absolute atomic E-state index is 0.690. The summed E-state index contributed by atoms with van der Waals surface area (Å²) in [6.45, 7) is 7.12. The maximum Gasteiger partial charge on any atom is 0.0221 e. The SMILES string of the molecule is CCC1CNC(C)CN1C1CCCCC1. The first-order chi connectivity index (χ1) is 7.31. The minimum atomic E-state index is 0.690. The van der Waals surface area contributed by atoms with Crippen LogP contribution in [0.3, 0.4) is 0 Å². The van der Waals surface area contributed by atoms with Gasteiger partial charge in [0, 0.05) is 31.2 Å². The van der Waals surface area contributed by atoms with E-state index < -0.39 is 0 Å². The predicted molar refractivity (Wildman–Crippen MR) is 65.1 cm³/mol. The molecule has 88 valence electrons. The lowest BCUT2D eigenvalue weighted by molar-refractivity contribution is 0.0631. The van der Waals surface area contributed by atoms with Gasteiger partial charge in [0.1, 0.15) is 0 Å². The van der Waals surface area contributed by atoms with Crippen LogP contribution in [0.2, 0.25) is 0 Å². The number of hydrogen-bond donors (Lipinski definition) is 1. The largest absolute Gasteiger partial charge is 0.311 e. The fourth-order valence-corrected chi connectivity index (χ4v) is 3.22. The lowest BCUT2D eigenvalue weighted by Crippen LogP contribution is -2.58. The number of nitrogens with one attached hydrogen (secondary N) is 1. The van der Waals surface area contributed by atoms with Gasteiger partial charge >= 0.3 is 0 Å². The fourth-order valence-electron chi connectivity index (χ4n) is 3.22. The van der Waals surface area contributed by atoms with Crippen molar-refractivity contribution in [3.05, 3.63) is 0 Å². The molecule has 1 aliphatic carbocycles. The lowest BCUT2D eigenvalue weighted by atomic mass is 9.91. The molecule has 2 aliphatic rings. The molecule has 1 heterocycles. The average molecular weight is 210 g/mol. The molecule has 0 aromatic rings. The van der Waals surface area contributed by atoms with Gasteiger partial charge in [-0.05, 0) is 26.2 Å². The first kappa shape index (κ1) is 11.4. The van der Waals surface area contributed by atoms with Crippen molar-refractivity contribution in [1.29, 1.82) is 0 Å². The standard InChI is InChI=1S/C13H26N2/c1-3-12-9-14-11(2)10-15(12)13-7-5-4-6-8-13/h11-14H,3-10H2,1-2H3. The molecule has 2 nitrogen and oxygen atoms in total. The third-order valence-electron chi connectivity index (χ3n) is 4.17. The molecule has 0 spiro atoms. The Morgan fingerprint density at radius 1 is 1.20 bits per heavy atom. The highest BCUT2D eigenvalue weighted by atomic mass is 15.3. The van der Waals surface area contributed by atoms with Crippen LogP contribution in [0.5, 0.6) is 0 Å². The molecule has 1 N–H and O–H groups in total. The number of piperazine rings is 1. The summed E-state index contributed by atoms with van der Waals surface area (Å²) >= 11 is 0. The summed E-state index contributed by atoms with van der Waals surface area (Å²) in [7, 11) is 0. The lowest BCUT2D eigenvalue weighted by Gasteiger charge is -2.45. The molecule has 1 aliphatic heterocycles. The topological polar surface area (TPSA) is 15.3 Å². The zero-order chi connectivity index (χ0) is 10.7. The highest BCUT2D eigenvalue weighted by molar-refractivity contribution is 4.88. The highest BCUT2D eigenvalue weighted by Gasteiger charge is 2.30. The van der Waals surface area contributed by atoms with E-state index in [4.69, 9.17) is 0 Å². The molecule has 2 heteroatoms. The molecule has 1 saturated heterocycles. The van der Waals surface area contributed by atoms with Crippen LogP contribution < -0.4 is 5.32 Å². The first-order valence-corrected chi connectivity index (χ1v) is 6.80. The van der Waals surface area contributed by atoms with Gasteiger partial charge in [-0.1, -0.05) is 26.2 Å². The van der Waals surface area contributed by atoms with Crippen LogP contribution in [-0.4, -0.2) is 36.1 Å². The zero-order valence-corrected chi connectivity index (χ0v) is 10.3. The molecule has 0 aromatic carbocycles. The Hall–Kier alpha value is -0.0800. The van der Waals surface area contributed by atoms with Crippen molar-refractivity contribution in [2.75, 3.05) is 13.1 Å². The number of nitrogens with zero attached hydrogens (tertiary/aromatic N) is 1. The van der Waals surface area contributed by atoms with E-state index in [9.17, 15) is 0 Å². The molecule has 0 aromatic heterocycles. The van der Waals surface area contributed by atoms with Crippen molar-refractivity contribution in [3.8, 4) is 0 Å². The summed E-state index contributed by atoms with van der Waals surface area (Å²) in [5, 5.41) is 3.61. The quantitative estimate of drug-likeness (QED) is 0.753. The Morgan fingerprint density at radius 3 is 2.60 bits per heavy atom. The van der Waals surface area contributed by atoms with Gasteiger partial charge < -0.3 is 5.32 Å². The second kappa shape index (κ2) is 5.31. The average Bonchev–Trinajstić information content (AvgIpc) is 2.30. The maximum absolute atomic E-state index is 3.61. The van der Waals surface area contributed by atoms with E-state index in [1.165, 1.54) is 51.6 Å². The molecule has 0 bridgehead atoms. The van der Waals surface area contributed by atoms with Crippen LogP contribution in [0.25, 0.3) is 0 Å². The Labute approximate surface area is 94.4 Å². The van der Waals surface area contributed by atoms with Gasteiger partial charge in [0.15, 0.2) is 0 Å².